The Kier molecular flexibility index (Phi) is 9.70. The topological polar surface area (TPSA) is 64.3 Å². The third-order valence-corrected chi connectivity index (χ3v) is 2.28. The van der Waals surface area contributed by atoms with Crippen LogP contribution in [0.3, 0.4) is 0 Å². The van der Waals surface area contributed by atoms with Crippen LogP contribution in [-0.2, 0) is 25.2 Å². The number of hydrogen-bond donors (Lipinski definition) is 1. The van der Waals surface area contributed by atoms with E-state index >= 15 is 0 Å². The molecule has 98 valence electrons. The number of nitrogens with zero attached hydrogens (tertiary/aromatic N) is 2. The van der Waals surface area contributed by atoms with Crippen molar-refractivity contribution in [1.82, 2.24) is 9.97 Å². The van der Waals surface area contributed by atoms with Crippen LogP contribution in [-0.4, -0.2) is 16.1 Å². The van der Waals surface area contributed by atoms with E-state index in [0.717, 1.165) is 37.8 Å². The number of unbranched alkanes of at least 4 members (excludes halogenated alkanes) is 4. The minimum atomic E-state index is -0.699. The summed E-state index contributed by atoms with van der Waals surface area (Å²) in [6.07, 6.45) is 12.6. The van der Waals surface area contributed by atoms with E-state index in [1.165, 1.54) is 6.33 Å². The first-order valence-corrected chi connectivity index (χ1v) is 5.60. The Labute approximate surface area is 115 Å². The maximum absolute atomic E-state index is 10.2. The quantitative estimate of drug-likeness (QED) is 0.588. The van der Waals surface area contributed by atoms with Gasteiger partial charge in [0.1, 0.15) is 0 Å². The van der Waals surface area contributed by atoms with Crippen molar-refractivity contribution in [2.75, 3.05) is 0 Å². The summed E-state index contributed by atoms with van der Waals surface area (Å²) < 4.78 is 0. The number of carboxylic acids is 1. The zero-order valence-corrected chi connectivity index (χ0v) is 11.2. The van der Waals surface area contributed by atoms with Crippen molar-refractivity contribution in [3.05, 3.63) is 24.3 Å². The SMILES string of the molecule is O=C(O)CCCCCC/C=C/c1c[n-]cn1.[Pd]. The predicted molar refractivity (Wildman–Crippen MR) is 61.9 cm³/mol. The van der Waals surface area contributed by atoms with Crippen LogP contribution in [0, 0.1) is 0 Å². The molecule has 1 rings (SSSR count). The first-order valence-electron chi connectivity index (χ1n) is 5.60. The van der Waals surface area contributed by atoms with Crippen LogP contribution >= 0.6 is 0 Å². The molecule has 0 atom stereocenters. The van der Waals surface area contributed by atoms with Crippen LogP contribution in [0.15, 0.2) is 18.6 Å². The summed E-state index contributed by atoms with van der Waals surface area (Å²) in [6, 6.07) is 0. The van der Waals surface area contributed by atoms with Crippen molar-refractivity contribution in [3.8, 4) is 0 Å². The molecule has 0 aliphatic rings. The molecular formula is C12H17N2O2Pd-. The van der Waals surface area contributed by atoms with Crippen molar-refractivity contribution < 1.29 is 30.3 Å². The largest absolute Gasteiger partial charge is 0.481 e. The molecule has 0 radical (unpaired) electrons. The molecular weight excluding hydrogens is 311 g/mol. The van der Waals surface area contributed by atoms with Crippen molar-refractivity contribution in [3.63, 3.8) is 0 Å². The number of aliphatic carboxylic acids is 1. The molecule has 1 heterocycles. The normalized spacial score (nSPS) is 10.4. The van der Waals surface area contributed by atoms with Crippen molar-refractivity contribution >= 4 is 12.0 Å². The molecule has 0 aliphatic carbocycles. The average Bonchev–Trinajstić information content (AvgIpc) is 2.74. The summed E-state index contributed by atoms with van der Waals surface area (Å²) in [5, 5.41) is 8.44. The van der Waals surface area contributed by atoms with Crippen molar-refractivity contribution in [1.29, 1.82) is 0 Å². The Morgan fingerprint density at radius 1 is 1.35 bits per heavy atom. The van der Waals surface area contributed by atoms with Gasteiger partial charge >= 0.3 is 5.97 Å². The molecule has 17 heavy (non-hydrogen) atoms. The Balaban J connectivity index is 0.00000256. The summed E-state index contributed by atoms with van der Waals surface area (Å²) >= 11 is 0. The minimum Gasteiger partial charge on any atom is -0.481 e. The molecule has 4 nitrogen and oxygen atoms in total. The maximum atomic E-state index is 10.2. The second-order valence-corrected chi connectivity index (χ2v) is 3.70. The summed E-state index contributed by atoms with van der Waals surface area (Å²) in [7, 11) is 0. The van der Waals surface area contributed by atoms with Crippen LogP contribution in [0.1, 0.15) is 44.2 Å². The van der Waals surface area contributed by atoms with Gasteiger partial charge in [-0.25, -0.2) is 0 Å². The Hall–Kier alpha value is -0.918. The average molecular weight is 328 g/mol. The van der Waals surface area contributed by atoms with E-state index in [1.54, 1.807) is 6.20 Å². The van der Waals surface area contributed by atoms with Gasteiger partial charge in [-0.1, -0.05) is 37.5 Å². The fourth-order valence-corrected chi connectivity index (χ4v) is 1.43. The van der Waals surface area contributed by atoms with E-state index in [0.29, 0.717) is 6.42 Å². The molecule has 0 aromatic carbocycles. The van der Waals surface area contributed by atoms with E-state index in [9.17, 15) is 4.79 Å². The Morgan fingerprint density at radius 3 is 2.76 bits per heavy atom. The fourth-order valence-electron chi connectivity index (χ4n) is 1.43. The molecule has 1 aromatic rings. The molecule has 1 N–H and O–H groups in total. The van der Waals surface area contributed by atoms with E-state index in [-0.39, 0.29) is 20.4 Å². The van der Waals surface area contributed by atoms with Gasteiger partial charge in [-0.2, -0.15) is 0 Å². The molecule has 0 amide bonds. The Bertz CT molecular complexity index is 323. The molecule has 0 aliphatic heterocycles. The molecule has 0 unspecified atom stereocenters. The van der Waals surface area contributed by atoms with Gasteiger partial charge in [0.05, 0.1) is 0 Å². The summed E-state index contributed by atoms with van der Waals surface area (Å²) in [5.74, 6) is -0.699. The first-order chi connectivity index (χ1) is 7.79. The van der Waals surface area contributed by atoms with Crippen LogP contribution in [0.25, 0.3) is 6.08 Å². The molecule has 0 spiro atoms. The number of aromatic nitrogens is 2. The molecule has 0 bridgehead atoms. The summed E-state index contributed by atoms with van der Waals surface area (Å²) in [5.41, 5.74) is 0.894. The van der Waals surface area contributed by atoms with Gasteiger partial charge in [0.25, 0.3) is 0 Å². The van der Waals surface area contributed by atoms with Gasteiger partial charge in [-0.05, 0) is 25.0 Å². The number of imidazole rings is 1. The third kappa shape index (κ3) is 8.85. The maximum Gasteiger partial charge on any atom is 0.303 e. The molecule has 0 fully saturated rings. The van der Waals surface area contributed by atoms with Gasteiger partial charge in [-0.3, -0.25) is 4.79 Å². The van der Waals surface area contributed by atoms with Crippen LogP contribution in [0.5, 0.6) is 0 Å². The van der Waals surface area contributed by atoms with Crippen LogP contribution in [0.4, 0.5) is 0 Å². The minimum absolute atomic E-state index is 0. The standard InChI is InChI=1S/C12H18N2O2.Pd/c15-12(16)8-6-4-2-1-3-5-7-11-9-13-10-14-11;/h5,7,9-10H,1-4,6,8H2,(H2,13,14,15,16);/p-1/b7-5+;. The predicted octanol–water partition coefficient (Wildman–Crippen LogP) is 2.47. The second kappa shape index (κ2) is 10.2. The molecule has 0 saturated carbocycles. The number of hydrogen-bond acceptors (Lipinski definition) is 2. The summed E-state index contributed by atoms with van der Waals surface area (Å²) in [4.78, 5) is 18.1. The van der Waals surface area contributed by atoms with E-state index in [2.05, 4.69) is 16.0 Å². The number of carboxylic acid groups (broad SMARTS) is 1. The second-order valence-electron chi connectivity index (χ2n) is 3.70. The van der Waals surface area contributed by atoms with E-state index in [1.807, 2.05) is 6.08 Å². The van der Waals surface area contributed by atoms with Gasteiger partial charge in [0, 0.05) is 26.8 Å². The van der Waals surface area contributed by atoms with Crippen LogP contribution in [0.2, 0.25) is 0 Å². The monoisotopic (exact) mass is 327 g/mol. The number of rotatable bonds is 8. The van der Waals surface area contributed by atoms with E-state index < -0.39 is 5.97 Å². The first kappa shape index (κ1) is 16.1. The molecule has 0 saturated heterocycles. The van der Waals surface area contributed by atoms with Gasteiger partial charge in [-0.15, -0.1) is 0 Å². The van der Waals surface area contributed by atoms with Gasteiger partial charge < -0.3 is 15.1 Å². The number of carbonyl (C=O) groups is 1. The van der Waals surface area contributed by atoms with Gasteiger partial charge in [0.2, 0.25) is 0 Å². The van der Waals surface area contributed by atoms with E-state index in [4.69, 9.17) is 5.11 Å². The van der Waals surface area contributed by atoms with Crippen molar-refractivity contribution in [2.45, 2.75) is 38.5 Å². The van der Waals surface area contributed by atoms with Crippen LogP contribution < -0.4 is 4.98 Å². The summed E-state index contributed by atoms with van der Waals surface area (Å²) in [6.45, 7) is 0. The third-order valence-electron chi connectivity index (χ3n) is 2.28. The Morgan fingerprint density at radius 2 is 2.12 bits per heavy atom. The smallest absolute Gasteiger partial charge is 0.303 e. The zero-order chi connectivity index (χ0) is 11.6. The molecule has 1 aromatic heterocycles. The molecule has 5 heteroatoms. The number of allylic oxidation sites excluding steroid dienone is 1. The fraction of sp³-hybridized carbons (Fsp3) is 0.500. The van der Waals surface area contributed by atoms with Gasteiger partial charge in [0.15, 0.2) is 0 Å². The zero-order valence-electron chi connectivity index (χ0n) is 9.62. The van der Waals surface area contributed by atoms with Crippen molar-refractivity contribution in [2.24, 2.45) is 0 Å².